The van der Waals surface area contributed by atoms with Gasteiger partial charge in [0.1, 0.15) is 0 Å². The van der Waals surface area contributed by atoms with E-state index in [2.05, 4.69) is 70.9 Å². The van der Waals surface area contributed by atoms with Gasteiger partial charge in [-0.05, 0) is 54.2 Å². The number of ether oxygens (including phenoxy) is 1. The summed E-state index contributed by atoms with van der Waals surface area (Å²) >= 11 is 4.26. The molecular formula is C34H36N6O3S3. The molecule has 6 rings (SSSR count). The second-order valence-electron chi connectivity index (χ2n) is 12.0. The maximum atomic E-state index is 13.1. The summed E-state index contributed by atoms with van der Waals surface area (Å²) in [5.74, 6) is 1.00. The van der Waals surface area contributed by atoms with Gasteiger partial charge in [-0.2, -0.15) is 0 Å². The molecule has 1 fully saturated rings. The molecule has 2 aromatic heterocycles. The number of nitrogens with zero attached hydrogens (tertiary/aromatic N) is 4. The lowest BCUT2D eigenvalue weighted by molar-refractivity contribution is -0.119. The second kappa shape index (κ2) is 14.4. The largest absolute Gasteiger partial charge is 0.376 e. The summed E-state index contributed by atoms with van der Waals surface area (Å²) in [6.07, 6.45) is 2.17. The van der Waals surface area contributed by atoms with Crippen molar-refractivity contribution in [3.63, 3.8) is 0 Å². The average molecular weight is 673 g/mol. The van der Waals surface area contributed by atoms with Crippen LogP contribution in [0.25, 0.3) is 27.3 Å². The monoisotopic (exact) mass is 672 g/mol. The lowest BCUT2D eigenvalue weighted by Gasteiger charge is -2.19. The number of nitrogens with one attached hydrogen (secondary N) is 2. The summed E-state index contributed by atoms with van der Waals surface area (Å²) < 4.78 is 9.31. The molecule has 3 heterocycles. The first-order valence-electron chi connectivity index (χ1n) is 15.2. The number of aromatic nitrogens is 4. The predicted molar refractivity (Wildman–Crippen MR) is 187 cm³/mol. The van der Waals surface area contributed by atoms with Gasteiger partial charge < -0.3 is 15.4 Å². The van der Waals surface area contributed by atoms with E-state index in [1.807, 2.05) is 53.1 Å². The van der Waals surface area contributed by atoms with Crippen LogP contribution in [0.5, 0.6) is 0 Å². The molecule has 9 nitrogen and oxygen atoms in total. The van der Waals surface area contributed by atoms with Crippen LogP contribution in [0.4, 0.5) is 5.69 Å². The maximum Gasteiger partial charge on any atom is 0.234 e. The van der Waals surface area contributed by atoms with Gasteiger partial charge in [0.15, 0.2) is 15.3 Å². The van der Waals surface area contributed by atoms with E-state index in [0.29, 0.717) is 23.1 Å². The van der Waals surface area contributed by atoms with Crippen molar-refractivity contribution in [2.75, 3.05) is 30.0 Å². The molecule has 1 saturated heterocycles. The van der Waals surface area contributed by atoms with Gasteiger partial charge >= 0.3 is 0 Å². The summed E-state index contributed by atoms with van der Waals surface area (Å²) in [5.41, 5.74) is 4.70. The van der Waals surface area contributed by atoms with E-state index < -0.39 is 0 Å². The van der Waals surface area contributed by atoms with E-state index in [1.54, 1.807) is 0 Å². The minimum Gasteiger partial charge on any atom is -0.376 e. The lowest BCUT2D eigenvalue weighted by atomic mass is 9.87. The van der Waals surface area contributed by atoms with Crippen molar-refractivity contribution in [1.82, 2.24) is 25.1 Å². The number of thiazole rings is 1. The maximum absolute atomic E-state index is 13.1. The Morgan fingerprint density at radius 3 is 2.50 bits per heavy atom. The third-order valence-electron chi connectivity index (χ3n) is 7.52. The van der Waals surface area contributed by atoms with Gasteiger partial charge in [0.25, 0.3) is 0 Å². The van der Waals surface area contributed by atoms with Crippen molar-refractivity contribution >= 4 is 62.6 Å². The number of hydrogen-bond acceptors (Lipinski definition) is 9. The molecule has 0 unspecified atom stereocenters. The minimum atomic E-state index is -0.148. The number of hydrogen-bond donors (Lipinski definition) is 2. The van der Waals surface area contributed by atoms with Crippen LogP contribution in [0, 0.1) is 0 Å². The number of anilines is 1. The van der Waals surface area contributed by atoms with Crippen LogP contribution < -0.4 is 10.6 Å². The molecule has 5 aromatic rings. The number of rotatable bonds is 11. The molecule has 2 amide bonds. The number of carbonyl (C=O) groups excluding carboxylic acids is 2. The summed E-state index contributed by atoms with van der Waals surface area (Å²) in [5, 5.41) is 15.6. The Morgan fingerprint density at radius 2 is 1.76 bits per heavy atom. The molecule has 1 aliphatic rings. The molecule has 0 aliphatic carbocycles. The highest BCUT2D eigenvalue weighted by Gasteiger charge is 2.20. The first-order valence-corrected chi connectivity index (χ1v) is 18.0. The zero-order valence-corrected chi connectivity index (χ0v) is 28.4. The van der Waals surface area contributed by atoms with Crippen molar-refractivity contribution in [2.24, 2.45) is 0 Å². The van der Waals surface area contributed by atoms with Crippen molar-refractivity contribution in [2.45, 2.75) is 54.6 Å². The average Bonchev–Trinajstić information content (AvgIpc) is 3.82. The molecule has 46 heavy (non-hydrogen) atoms. The van der Waals surface area contributed by atoms with Crippen LogP contribution in [-0.2, 0) is 19.7 Å². The number of thioether (sulfide) groups is 2. The molecule has 12 heteroatoms. The van der Waals surface area contributed by atoms with Gasteiger partial charge in [-0.3, -0.25) is 14.2 Å². The molecule has 238 valence electrons. The van der Waals surface area contributed by atoms with E-state index in [1.165, 1.54) is 40.4 Å². The van der Waals surface area contributed by atoms with Crippen molar-refractivity contribution < 1.29 is 14.3 Å². The van der Waals surface area contributed by atoms with E-state index in [-0.39, 0.29) is 29.1 Å². The predicted octanol–water partition coefficient (Wildman–Crippen LogP) is 6.96. The number of amides is 2. The molecule has 1 aliphatic heterocycles. The third kappa shape index (κ3) is 7.98. The molecule has 1 atom stereocenters. The fourth-order valence-corrected chi connectivity index (χ4v) is 7.75. The molecule has 3 aromatic carbocycles. The quantitative estimate of drug-likeness (QED) is 0.145. The smallest absolute Gasteiger partial charge is 0.234 e. The number of carbonyl (C=O) groups is 2. The SMILES string of the molecule is CC(C)(C)c1ccc(-c2nnc(SCC(=O)Nc3ccc4nc(SCC(=O)NC[C@@H]5CCCO5)sc4c3)n2-c2ccccc2)cc1. The lowest BCUT2D eigenvalue weighted by Crippen LogP contribution is -2.32. The van der Waals surface area contributed by atoms with Crippen LogP contribution >= 0.6 is 34.9 Å². The normalized spacial score (nSPS) is 14.9. The zero-order chi connectivity index (χ0) is 32.1. The topological polar surface area (TPSA) is 111 Å². The van der Waals surface area contributed by atoms with Crippen molar-refractivity contribution in [1.29, 1.82) is 0 Å². The summed E-state index contributed by atoms with van der Waals surface area (Å²) in [6, 6.07) is 24.0. The Balaban J connectivity index is 1.09. The highest BCUT2D eigenvalue weighted by Crippen LogP contribution is 2.32. The molecule has 2 N–H and O–H groups in total. The highest BCUT2D eigenvalue weighted by atomic mass is 32.2. The van der Waals surface area contributed by atoms with E-state index in [4.69, 9.17) is 4.74 Å². The van der Waals surface area contributed by atoms with Crippen LogP contribution in [0.15, 0.2) is 82.3 Å². The Kier molecular flexibility index (Phi) is 10.1. The van der Waals surface area contributed by atoms with Gasteiger partial charge in [-0.15, -0.1) is 21.5 Å². The first kappa shape index (κ1) is 32.2. The number of para-hydroxylation sites is 1. The van der Waals surface area contributed by atoms with Gasteiger partial charge in [0.2, 0.25) is 11.8 Å². The zero-order valence-electron chi connectivity index (χ0n) is 26.0. The third-order valence-corrected chi connectivity index (χ3v) is 10.6. The number of benzene rings is 3. The van der Waals surface area contributed by atoms with Crippen LogP contribution in [-0.4, -0.2) is 62.3 Å². The van der Waals surface area contributed by atoms with Gasteiger partial charge in [0, 0.05) is 30.1 Å². The summed E-state index contributed by atoms with van der Waals surface area (Å²) in [7, 11) is 0. The fraction of sp³-hybridized carbons (Fsp3) is 0.324. The van der Waals surface area contributed by atoms with Gasteiger partial charge in [0.05, 0.1) is 27.8 Å². The second-order valence-corrected chi connectivity index (χ2v) is 15.2. The van der Waals surface area contributed by atoms with Crippen LogP contribution in [0.3, 0.4) is 0 Å². The number of fused-ring (bicyclic) bond motifs is 1. The van der Waals surface area contributed by atoms with Crippen molar-refractivity contribution in [3.8, 4) is 17.1 Å². The Hall–Kier alpha value is -3.71. The molecular weight excluding hydrogens is 637 g/mol. The standard InChI is InChI=1S/C34H36N6O3S3/c1-34(2,3)23-13-11-22(12-14-23)31-38-39-32(40(31)25-8-5-4-6-9-25)44-21-30(42)36-24-15-16-27-28(18-24)46-33(37-27)45-20-29(41)35-19-26-10-7-17-43-26/h4-6,8-9,11-16,18,26H,7,10,17,19-21H2,1-3H3,(H,35,41)(H,36,42)/t26-/m0/s1. The first-order chi connectivity index (χ1) is 22.2. The highest BCUT2D eigenvalue weighted by molar-refractivity contribution is 8.01. The fourth-order valence-electron chi connectivity index (χ4n) is 5.06. The Labute approximate surface area is 280 Å². The summed E-state index contributed by atoms with van der Waals surface area (Å²) in [6.45, 7) is 7.90. The Bertz CT molecular complexity index is 1810. The van der Waals surface area contributed by atoms with Crippen molar-refractivity contribution in [3.05, 3.63) is 78.4 Å². The van der Waals surface area contributed by atoms with Gasteiger partial charge in [-0.1, -0.05) is 86.8 Å². The van der Waals surface area contributed by atoms with Crippen LogP contribution in [0.1, 0.15) is 39.2 Å². The molecule has 0 saturated carbocycles. The Morgan fingerprint density at radius 1 is 0.978 bits per heavy atom. The van der Waals surface area contributed by atoms with Gasteiger partial charge in [-0.25, -0.2) is 4.98 Å². The van der Waals surface area contributed by atoms with E-state index in [0.717, 1.165) is 51.1 Å². The van der Waals surface area contributed by atoms with E-state index in [9.17, 15) is 9.59 Å². The molecule has 0 spiro atoms. The minimum absolute atomic E-state index is 0.0288. The molecule has 0 radical (unpaired) electrons. The summed E-state index contributed by atoms with van der Waals surface area (Å²) in [4.78, 5) is 30.0. The van der Waals surface area contributed by atoms with Crippen LogP contribution in [0.2, 0.25) is 0 Å². The molecule has 0 bridgehead atoms. The van der Waals surface area contributed by atoms with E-state index >= 15 is 0 Å².